The van der Waals surface area contributed by atoms with E-state index in [1.54, 1.807) is 6.33 Å². The Morgan fingerprint density at radius 1 is 1.21 bits per heavy atom. The van der Waals surface area contributed by atoms with E-state index in [1.807, 2.05) is 0 Å². The van der Waals surface area contributed by atoms with E-state index in [0.29, 0.717) is 12.1 Å². The molecule has 6 heteroatoms. The third-order valence-electron chi connectivity index (χ3n) is 5.10. The first-order valence-electron chi connectivity index (χ1n) is 8.60. The molecule has 1 fully saturated rings. The van der Waals surface area contributed by atoms with Crippen LogP contribution in [-0.2, 0) is 4.57 Å². The Balaban J connectivity index is 1.74. The number of rotatable bonds is 4. The minimum absolute atomic E-state index is 0.437. The van der Waals surface area contributed by atoms with Gasteiger partial charge in [0.15, 0.2) is 7.37 Å². The van der Waals surface area contributed by atoms with Crippen LogP contribution in [0.3, 0.4) is 0 Å². The van der Waals surface area contributed by atoms with Gasteiger partial charge in [0.25, 0.3) is 0 Å². The summed E-state index contributed by atoms with van der Waals surface area (Å²) in [6, 6.07) is 4.31. The normalized spacial score (nSPS) is 18.8. The first kappa shape index (κ1) is 17.4. The van der Waals surface area contributed by atoms with Crippen molar-refractivity contribution in [3.05, 3.63) is 29.6 Å². The quantitative estimate of drug-likeness (QED) is 0.853. The highest BCUT2D eigenvalue weighted by Gasteiger charge is 2.23. The van der Waals surface area contributed by atoms with Crippen LogP contribution in [0.15, 0.2) is 18.5 Å². The van der Waals surface area contributed by atoms with Crippen LogP contribution in [0, 0.1) is 19.8 Å². The van der Waals surface area contributed by atoms with Gasteiger partial charge in [0, 0.05) is 31.3 Å². The molecule has 2 heterocycles. The van der Waals surface area contributed by atoms with Gasteiger partial charge in [0.1, 0.15) is 12.1 Å². The maximum Gasteiger partial charge on any atom is 0.197 e. The van der Waals surface area contributed by atoms with E-state index in [-0.39, 0.29) is 0 Å². The summed E-state index contributed by atoms with van der Waals surface area (Å²) in [5.41, 5.74) is 3.51. The van der Waals surface area contributed by atoms with Gasteiger partial charge in [0.05, 0.1) is 5.52 Å². The number of anilines is 1. The van der Waals surface area contributed by atoms with Crippen LogP contribution in [0.5, 0.6) is 0 Å². The summed E-state index contributed by atoms with van der Waals surface area (Å²) in [4.78, 5) is 20.8. The fraction of sp³-hybridized carbons (Fsp3) is 0.556. The maximum atomic E-state index is 11.5. The van der Waals surface area contributed by atoms with Crippen LogP contribution >= 0.6 is 7.37 Å². The van der Waals surface area contributed by atoms with Crippen LogP contribution in [0.2, 0.25) is 0 Å². The molecule has 0 bridgehead atoms. The van der Waals surface area contributed by atoms with Crippen molar-refractivity contribution in [2.75, 3.05) is 30.8 Å². The molecular formula is C18H26N3O2P. The third kappa shape index (κ3) is 3.96. The van der Waals surface area contributed by atoms with Crippen LogP contribution in [0.1, 0.15) is 30.4 Å². The highest BCUT2D eigenvalue weighted by Crippen LogP contribution is 2.38. The topological polar surface area (TPSA) is 66.3 Å². The van der Waals surface area contributed by atoms with Crippen molar-refractivity contribution in [2.24, 2.45) is 5.92 Å². The van der Waals surface area contributed by atoms with Crippen molar-refractivity contribution in [3.8, 4) is 0 Å². The zero-order valence-electron chi connectivity index (χ0n) is 14.7. The SMILES string of the molecule is Cc1cc2ncnc(N3CCC(CCP(C)(=O)O)CC3)c2cc1C. The number of fused-ring (bicyclic) bond motifs is 1. The van der Waals surface area contributed by atoms with Gasteiger partial charge in [-0.15, -0.1) is 0 Å². The molecule has 0 aliphatic carbocycles. The molecule has 2 aromatic rings. The molecule has 3 rings (SSSR count). The van der Waals surface area contributed by atoms with E-state index in [0.717, 1.165) is 49.1 Å². The average Bonchev–Trinajstić information content (AvgIpc) is 2.53. The summed E-state index contributed by atoms with van der Waals surface area (Å²) in [5.74, 6) is 1.56. The lowest BCUT2D eigenvalue weighted by Crippen LogP contribution is -2.34. The molecule has 0 radical (unpaired) electrons. The zero-order chi connectivity index (χ0) is 17.3. The van der Waals surface area contributed by atoms with E-state index in [4.69, 9.17) is 0 Å². The van der Waals surface area contributed by atoms with Gasteiger partial charge in [0.2, 0.25) is 0 Å². The summed E-state index contributed by atoms with van der Waals surface area (Å²) in [6.45, 7) is 7.58. The van der Waals surface area contributed by atoms with Crippen molar-refractivity contribution < 1.29 is 9.46 Å². The number of nitrogens with zero attached hydrogens (tertiary/aromatic N) is 3. The van der Waals surface area contributed by atoms with E-state index < -0.39 is 7.37 Å². The second kappa shape index (κ2) is 6.81. The van der Waals surface area contributed by atoms with Crippen molar-refractivity contribution in [2.45, 2.75) is 33.1 Å². The van der Waals surface area contributed by atoms with Crippen molar-refractivity contribution >= 4 is 24.1 Å². The fourth-order valence-electron chi connectivity index (χ4n) is 3.41. The molecule has 1 atom stereocenters. The van der Waals surface area contributed by atoms with Gasteiger partial charge in [-0.1, -0.05) is 0 Å². The van der Waals surface area contributed by atoms with E-state index in [2.05, 4.69) is 40.8 Å². The molecule has 0 spiro atoms. The predicted molar refractivity (Wildman–Crippen MR) is 99.2 cm³/mol. The summed E-state index contributed by atoms with van der Waals surface area (Å²) < 4.78 is 11.5. The molecule has 1 N–H and O–H groups in total. The molecule has 1 aliphatic rings. The lowest BCUT2D eigenvalue weighted by atomic mass is 9.94. The van der Waals surface area contributed by atoms with Crippen LogP contribution in [-0.4, -0.2) is 40.8 Å². The molecule has 130 valence electrons. The minimum atomic E-state index is -2.88. The minimum Gasteiger partial charge on any atom is -0.356 e. The Labute approximate surface area is 143 Å². The number of aromatic nitrogens is 2. The maximum absolute atomic E-state index is 11.5. The predicted octanol–water partition coefficient (Wildman–Crippen LogP) is 3.75. The van der Waals surface area contributed by atoms with Gasteiger partial charge in [-0.05, 0) is 62.3 Å². The Morgan fingerprint density at radius 2 is 1.88 bits per heavy atom. The molecule has 1 unspecified atom stereocenters. The Morgan fingerprint density at radius 3 is 2.54 bits per heavy atom. The third-order valence-corrected chi connectivity index (χ3v) is 6.18. The van der Waals surface area contributed by atoms with Crippen molar-refractivity contribution in [3.63, 3.8) is 0 Å². The largest absolute Gasteiger partial charge is 0.356 e. The van der Waals surface area contributed by atoms with Gasteiger partial charge in [-0.25, -0.2) is 9.97 Å². The number of aryl methyl sites for hydroxylation is 2. The molecule has 1 aliphatic heterocycles. The zero-order valence-corrected chi connectivity index (χ0v) is 15.6. The fourth-order valence-corrected chi connectivity index (χ4v) is 4.25. The Kier molecular flexibility index (Phi) is 4.93. The molecule has 24 heavy (non-hydrogen) atoms. The molecule has 0 amide bonds. The summed E-state index contributed by atoms with van der Waals surface area (Å²) >= 11 is 0. The van der Waals surface area contributed by atoms with E-state index in [9.17, 15) is 9.46 Å². The number of benzene rings is 1. The highest BCUT2D eigenvalue weighted by molar-refractivity contribution is 7.57. The monoisotopic (exact) mass is 347 g/mol. The summed E-state index contributed by atoms with van der Waals surface area (Å²) in [7, 11) is -2.88. The first-order valence-corrected chi connectivity index (χ1v) is 10.9. The molecule has 1 aromatic heterocycles. The van der Waals surface area contributed by atoms with Crippen LogP contribution in [0.25, 0.3) is 10.9 Å². The number of hydrogen-bond donors (Lipinski definition) is 1. The summed E-state index contributed by atoms with van der Waals surface area (Å²) in [6.07, 6.45) is 5.04. The molecule has 0 saturated carbocycles. The Hall–Kier alpha value is -1.45. The smallest absolute Gasteiger partial charge is 0.197 e. The average molecular weight is 347 g/mol. The van der Waals surface area contributed by atoms with Crippen LogP contribution < -0.4 is 4.90 Å². The summed E-state index contributed by atoms with van der Waals surface area (Å²) in [5, 5.41) is 1.12. The van der Waals surface area contributed by atoms with E-state index in [1.165, 1.54) is 17.8 Å². The number of hydrogen-bond acceptors (Lipinski definition) is 4. The number of piperidine rings is 1. The lowest BCUT2D eigenvalue weighted by Gasteiger charge is -2.33. The standard InChI is InChI=1S/C18H26N3O2P/c1-13-10-16-17(11-14(13)2)19-12-20-18(16)21-7-4-15(5-8-21)6-9-24(3,22)23/h10-12,15H,4-9H2,1-3H3,(H,22,23). The van der Waals surface area contributed by atoms with Gasteiger partial charge < -0.3 is 9.79 Å². The molecule has 1 aromatic carbocycles. The van der Waals surface area contributed by atoms with E-state index >= 15 is 0 Å². The van der Waals surface area contributed by atoms with Crippen molar-refractivity contribution in [1.29, 1.82) is 0 Å². The molecule has 1 saturated heterocycles. The van der Waals surface area contributed by atoms with Gasteiger partial charge in [-0.2, -0.15) is 0 Å². The second-order valence-electron chi connectivity index (χ2n) is 7.14. The molecule has 5 nitrogen and oxygen atoms in total. The molecular weight excluding hydrogens is 321 g/mol. The Bertz CT molecular complexity index is 779. The van der Waals surface area contributed by atoms with Gasteiger partial charge >= 0.3 is 0 Å². The second-order valence-corrected chi connectivity index (χ2v) is 9.69. The van der Waals surface area contributed by atoms with Crippen LogP contribution in [0.4, 0.5) is 5.82 Å². The highest BCUT2D eigenvalue weighted by atomic mass is 31.2. The van der Waals surface area contributed by atoms with Crippen molar-refractivity contribution in [1.82, 2.24) is 9.97 Å². The lowest BCUT2D eigenvalue weighted by molar-refractivity contribution is 0.388. The first-order chi connectivity index (χ1) is 11.3. The van der Waals surface area contributed by atoms with Gasteiger partial charge in [-0.3, -0.25) is 4.57 Å².